The number of likely N-dealkylation sites (tertiary alicyclic amines) is 1. The number of hydrogen-bond acceptors (Lipinski definition) is 4. The second-order valence-corrected chi connectivity index (χ2v) is 7.65. The minimum atomic E-state index is -4.47. The zero-order valence-corrected chi connectivity index (χ0v) is 15.5. The Hall–Kier alpha value is -2.36. The number of aryl methyl sites for hydroxylation is 1. The van der Waals surface area contributed by atoms with Gasteiger partial charge in [0.05, 0.1) is 12.1 Å². The zero-order chi connectivity index (χ0) is 19.9. The molecule has 2 aliphatic heterocycles. The van der Waals surface area contributed by atoms with E-state index >= 15 is 0 Å². The van der Waals surface area contributed by atoms with Crippen LogP contribution >= 0.6 is 0 Å². The third-order valence-corrected chi connectivity index (χ3v) is 5.75. The van der Waals surface area contributed by atoms with Crippen molar-refractivity contribution in [3.05, 3.63) is 35.4 Å². The van der Waals surface area contributed by atoms with Crippen LogP contribution in [0.4, 0.5) is 13.2 Å². The van der Waals surface area contributed by atoms with E-state index in [4.69, 9.17) is 0 Å². The monoisotopic (exact) mass is 396 g/mol. The van der Waals surface area contributed by atoms with Crippen LogP contribution in [0.1, 0.15) is 41.6 Å². The molecule has 2 aromatic rings. The molecule has 7 nitrogen and oxygen atoms in total. The third kappa shape index (κ3) is 3.65. The molecule has 2 saturated heterocycles. The molecule has 0 aromatic carbocycles. The van der Waals surface area contributed by atoms with Gasteiger partial charge in [-0.1, -0.05) is 0 Å². The van der Waals surface area contributed by atoms with Crippen LogP contribution in [0.15, 0.2) is 18.5 Å². The van der Waals surface area contributed by atoms with Crippen LogP contribution in [-0.4, -0.2) is 57.0 Å². The SMILES string of the molecule is Cn1cc([C@H]2CNC[C@@H]2C(=O)N2CCCC(c3cc(C(F)(F)F)n[nH]3)C2)cn1. The molecule has 4 rings (SSSR count). The smallest absolute Gasteiger partial charge is 0.342 e. The zero-order valence-electron chi connectivity index (χ0n) is 15.5. The Bertz CT molecular complexity index is 844. The fourth-order valence-electron chi connectivity index (χ4n) is 4.28. The molecule has 28 heavy (non-hydrogen) atoms. The van der Waals surface area contributed by atoms with E-state index in [0.29, 0.717) is 25.3 Å². The second-order valence-electron chi connectivity index (χ2n) is 7.65. The fourth-order valence-corrected chi connectivity index (χ4v) is 4.28. The Morgan fingerprint density at radius 3 is 2.82 bits per heavy atom. The van der Waals surface area contributed by atoms with Crippen molar-refractivity contribution in [3.8, 4) is 0 Å². The lowest BCUT2D eigenvalue weighted by molar-refractivity contribution is -0.141. The Kier molecular flexibility index (Phi) is 4.90. The molecule has 10 heteroatoms. The summed E-state index contributed by atoms with van der Waals surface area (Å²) in [4.78, 5) is 15.0. The first-order chi connectivity index (χ1) is 13.3. The van der Waals surface area contributed by atoms with Gasteiger partial charge in [0.2, 0.25) is 5.91 Å². The molecular formula is C18H23F3N6O. The number of rotatable bonds is 3. The molecule has 2 aromatic heterocycles. The average molecular weight is 396 g/mol. The van der Waals surface area contributed by atoms with E-state index in [1.165, 1.54) is 0 Å². The maximum absolute atomic E-state index is 13.2. The second kappa shape index (κ2) is 7.23. The summed E-state index contributed by atoms with van der Waals surface area (Å²) in [6.07, 6.45) is 0.749. The van der Waals surface area contributed by atoms with Crippen LogP contribution in [0.5, 0.6) is 0 Å². The van der Waals surface area contributed by atoms with Crippen molar-refractivity contribution in [1.82, 2.24) is 30.2 Å². The molecule has 2 fully saturated rings. The highest BCUT2D eigenvalue weighted by Gasteiger charge is 2.39. The minimum absolute atomic E-state index is 0.0547. The van der Waals surface area contributed by atoms with Crippen molar-refractivity contribution in [2.45, 2.75) is 30.9 Å². The number of H-pyrrole nitrogens is 1. The fraction of sp³-hybridized carbons (Fsp3) is 0.611. The molecule has 0 radical (unpaired) electrons. The van der Waals surface area contributed by atoms with Crippen molar-refractivity contribution in [1.29, 1.82) is 0 Å². The average Bonchev–Trinajstić information content (AvgIpc) is 3.40. The summed E-state index contributed by atoms with van der Waals surface area (Å²) in [5.41, 5.74) is 0.559. The lowest BCUT2D eigenvalue weighted by atomic mass is 9.88. The van der Waals surface area contributed by atoms with Crippen molar-refractivity contribution in [3.63, 3.8) is 0 Å². The Balaban J connectivity index is 1.46. The molecule has 2 N–H and O–H groups in total. The van der Waals surface area contributed by atoms with E-state index in [0.717, 1.165) is 31.0 Å². The normalized spacial score (nSPS) is 26.0. The van der Waals surface area contributed by atoms with Gasteiger partial charge >= 0.3 is 6.18 Å². The van der Waals surface area contributed by atoms with Crippen LogP contribution in [0, 0.1) is 5.92 Å². The van der Waals surface area contributed by atoms with Gasteiger partial charge in [-0.25, -0.2) is 0 Å². The quantitative estimate of drug-likeness (QED) is 0.830. The Morgan fingerprint density at radius 1 is 1.32 bits per heavy atom. The summed E-state index contributed by atoms with van der Waals surface area (Å²) in [5, 5.41) is 13.4. The van der Waals surface area contributed by atoms with Crippen LogP contribution in [0.25, 0.3) is 0 Å². The van der Waals surface area contributed by atoms with Gasteiger partial charge in [-0.15, -0.1) is 0 Å². The molecule has 152 valence electrons. The standard InChI is InChI=1S/C18H23F3N6O/c1-26-9-12(6-23-26)13-7-22-8-14(13)17(28)27-4-2-3-11(10-27)15-5-16(25-24-15)18(19,20)21/h5-6,9,11,13-14,22H,2-4,7-8,10H2,1H3,(H,24,25)/t11?,13-,14+/m1/s1. The number of nitrogens with zero attached hydrogens (tertiary/aromatic N) is 4. The highest BCUT2D eigenvalue weighted by atomic mass is 19.4. The summed E-state index contributed by atoms with van der Waals surface area (Å²) < 4.78 is 40.2. The van der Waals surface area contributed by atoms with Crippen molar-refractivity contribution in [2.24, 2.45) is 13.0 Å². The van der Waals surface area contributed by atoms with Crippen molar-refractivity contribution >= 4 is 5.91 Å². The summed E-state index contributed by atoms with van der Waals surface area (Å²) in [6.45, 7) is 2.36. The number of carbonyl (C=O) groups excluding carboxylic acids is 1. The highest BCUT2D eigenvalue weighted by Crippen LogP contribution is 2.34. The molecule has 0 aliphatic carbocycles. The third-order valence-electron chi connectivity index (χ3n) is 5.75. The van der Waals surface area contributed by atoms with E-state index in [1.54, 1.807) is 15.8 Å². The van der Waals surface area contributed by atoms with Crippen LogP contribution < -0.4 is 5.32 Å². The molecule has 3 atom stereocenters. The van der Waals surface area contributed by atoms with Crippen LogP contribution in [0.3, 0.4) is 0 Å². The number of alkyl halides is 3. The van der Waals surface area contributed by atoms with E-state index in [9.17, 15) is 18.0 Å². The number of halogens is 3. The maximum atomic E-state index is 13.2. The summed E-state index contributed by atoms with van der Waals surface area (Å²) in [7, 11) is 1.84. The van der Waals surface area contributed by atoms with Gasteiger partial charge in [0.15, 0.2) is 5.69 Å². The number of carbonyl (C=O) groups is 1. The van der Waals surface area contributed by atoms with Gasteiger partial charge in [-0.3, -0.25) is 14.6 Å². The van der Waals surface area contributed by atoms with Crippen molar-refractivity contribution in [2.75, 3.05) is 26.2 Å². The van der Waals surface area contributed by atoms with Crippen LogP contribution in [0.2, 0.25) is 0 Å². The molecule has 1 amide bonds. The van der Waals surface area contributed by atoms with E-state index < -0.39 is 11.9 Å². The molecule has 0 bridgehead atoms. The number of aromatic amines is 1. The molecule has 2 aliphatic rings. The summed E-state index contributed by atoms with van der Waals surface area (Å²) in [6, 6.07) is 1.06. The predicted octanol–water partition coefficient (Wildman–Crippen LogP) is 1.87. The summed E-state index contributed by atoms with van der Waals surface area (Å²) in [5.74, 6) is -0.229. The molecule has 1 unspecified atom stereocenters. The number of amides is 1. The molecular weight excluding hydrogens is 373 g/mol. The first-order valence-corrected chi connectivity index (χ1v) is 9.43. The van der Waals surface area contributed by atoms with Gasteiger partial charge in [0, 0.05) is 57.0 Å². The Labute approximate surface area is 160 Å². The highest BCUT2D eigenvalue weighted by molar-refractivity contribution is 5.81. The van der Waals surface area contributed by atoms with Gasteiger partial charge in [0.1, 0.15) is 0 Å². The first kappa shape index (κ1) is 19.0. The predicted molar refractivity (Wildman–Crippen MR) is 94.5 cm³/mol. The Morgan fingerprint density at radius 2 is 2.14 bits per heavy atom. The van der Waals surface area contributed by atoms with Gasteiger partial charge in [0.25, 0.3) is 0 Å². The van der Waals surface area contributed by atoms with E-state index in [-0.39, 0.29) is 23.7 Å². The van der Waals surface area contributed by atoms with E-state index in [2.05, 4.69) is 20.6 Å². The van der Waals surface area contributed by atoms with Gasteiger partial charge in [-0.05, 0) is 24.5 Å². The number of aromatic nitrogens is 4. The largest absolute Gasteiger partial charge is 0.435 e. The van der Waals surface area contributed by atoms with Gasteiger partial charge < -0.3 is 10.2 Å². The topological polar surface area (TPSA) is 78.8 Å². The summed E-state index contributed by atoms with van der Waals surface area (Å²) >= 11 is 0. The van der Waals surface area contributed by atoms with E-state index in [1.807, 2.05) is 13.2 Å². The number of hydrogen-bond donors (Lipinski definition) is 2. The first-order valence-electron chi connectivity index (χ1n) is 9.43. The lowest BCUT2D eigenvalue weighted by Crippen LogP contribution is -2.44. The lowest BCUT2D eigenvalue weighted by Gasteiger charge is -2.34. The van der Waals surface area contributed by atoms with Gasteiger partial charge in [-0.2, -0.15) is 23.4 Å². The van der Waals surface area contributed by atoms with Crippen LogP contribution in [-0.2, 0) is 18.0 Å². The molecule has 0 spiro atoms. The molecule has 4 heterocycles. The maximum Gasteiger partial charge on any atom is 0.435 e. The number of piperidine rings is 1. The number of nitrogens with one attached hydrogen (secondary N) is 2. The van der Waals surface area contributed by atoms with Crippen molar-refractivity contribution < 1.29 is 18.0 Å². The minimum Gasteiger partial charge on any atom is -0.342 e. The molecule has 0 saturated carbocycles.